The van der Waals surface area contributed by atoms with Crippen LogP contribution in [0, 0.1) is 6.92 Å². The van der Waals surface area contributed by atoms with Crippen LogP contribution in [0.5, 0.6) is 0 Å². The maximum atomic E-state index is 12.6. The first kappa shape index (κ1) is 20.8. The highest BCUT2D eigenvalue weighted by atomic mass is 35.5. The molecule has 0 saturated heterocycles. The molecule has 6 nitrogen and oxygen atoms in total. The van der Waals surface area contributed by atoms with Crippen LogP contribution < -0.4 is 10.6 Å². The molecule has 8 heteroatoms. The number of anilines is 3. The highest BCUT2D eigenvalue weighted by Gasteiger charge is 2.12. The average molecular weight is 450 g/mol. The quantitative estimate of drug-likeness (QED) is 0.381. The maximum Gasteiger partial charge on any atom is 0.255 e. The van der Waals surface area contributed by atoms with Gasteiger partial charge in [-0.1, -0.05) is 29.3 Å². The molecular weight excluding hydrogens is 433 g/mol. The number of amides is 1. The van der Waals surface area contributed by atoms with Gasteiger partial charge >= 0.3 is 0 Å². The van der Waals surface area contributed by atoms with Gasteiger partial charge in [-0.25, -0.2) is 15.0 Å². The summed E-state index contributed by atoms with van der Waals surface area (Å²) in [5.74, 6) is 0.366. The number of pyridine rings is 1. The molecule has 0 aliphatic rings. The van der Waals surface area contributed by atoms with Crippen molar-refractivity contribution >= 4 is 46.3 Å². The van der Waals surface area contributed by atoms with Crippen molar-refractivity contribution in [1.82, 2.24) is 15.0 Å². The van der Waals surface area contributed by atoms with Crippen LogP contribution in [0.15, 0.2) is 73.3 Å². The molecule has 2 N–H and O–H groups in total. The van der Waals surface area contributed by atoms with Crippen LogP contribution in [-0.4, -0.2) is 20.9 Å². The predicted molar refractivity (Wildman–Crippen MR) is 124 cm³/mol. The third kappa shape index (κ3) is 4.82. The second-order valence-corrected chi connectivity index (χ2v) is 7.55. The topological polar surface area (TPSA) is 79.8 Å². The van der Waals surface area contributed by atoms with E-state index in [0.29, 0.717) is 27.1 Å². The number of hydrogen-bond donors (Lipinski definition) is 2. The zero-order valence-electron chi connectivity index (χ0n) is 16.4. The number of nitrogens with one attached hydrogen (secondary N) is 2. The van der Waals surface area contributed by atoms with Crippen molar-refractivity contribution in [1.29, 1.82) is 0 Å². The van der Waals surface area contributed by atoms with Crippen molar-refractivity contribution in [2.75, 3.05) is 10.6 Å². The van der Waals surface area contributed by atoms with E-state index in [2.05, 4.69) is 25.6 Å². The largest absolute Gasteiger partial charge is 0.339 e. The molecule has 154 valence electrons. The molecule has 0 radical (unpaired) electrons. The number of rotatable bonds is 5. The second kappa shape index (κ2) is 9.12. The number of nitrogens with zero attached hydrogens (tertiary/aromatic N) is 3. The van der Waals surface area contributed by atoms with Crippen molar-refractivity contribution in [2.45, 2.75) is 6.92 Å². The molecule has 0 atom stereocenters. The van der Waals surface area contributed by atoms with Crippen LogP contribution >= 0.6 is 23.2 Å². The molecule has 31 heavy (non-hydrogen) atoms. The van der Waals surface area contributed by atoms with E-state index in [1.54, 1.807) is 24.5 Å². The number of hydrogen-bond acceptors (Lipinski definition) is 5. The van der Waals surface area contributed by atoms with Gasteiger partial charge in [-0.2, -0.15) is 0 Å². The fraction of sp³-hybridized carbons (Fsp3) is 0.0435. The fourth-order valence-corrected chi connectivity index (χ4v) is 3.26. The van der Waals surface area contributed by atoms with Crippen LogP contribution in [0.1, 0.15) is 15.9 Å². The third-order valence-corrected chi connectivity index (χ3v) is 5.33. The minimum atomic E-state index is -0.284. The van der Waals surface area contributed by atoms with E-state index in [-0.39, 0.29) is 5.91 Å². The van der Waals surface area contributed by atoms with Gasteiger partial charge in [0.1, 0.15) is 12.1 Å². The normalized spacial score (nSPS) is 10.5. The molecule has 0 saturated carbocycles. The summed E-state index contributed by atoms with van der Waals surface area (Å²) in [6.45, 7) is 1.97. The van der Waals surface area contributed by atoms with Crippen molar-refractivity contribution in [3.63, 3.8) is 0 Å². The Kier molecular flexibility index (Phi) is 6.11. The van der Waals surface area contributed by atoms with Gasteiger partial charge in [0.2, 0.25) is 0 Å². The summed E-state index contributed by atoms with van der Waals surface area (Å²) in [5.41, 5.74) is 4.44. The molecule has 2 aromatic carbocycles. The number of aromatic nitrogens is 3. The minimum Gasteiger partial charge on any atom is -0.339 e. The Labute approximate surface area is 189 Å². The molecule has 4 aromatic rings. The van der Waals surface area contributed by atoms with Crippen molar-refractivity contribution in [3.8, 4) is 11.3 Å². The molecular formula is C23H17Cl2N5O. The van der Waals surface area contributed by atoms with Crippen molar-refractivity contribution in [3.05, 3.63) is 94.5 Å². The monoisotopic (exact) mass is 449 g/mol. The van der Waals surface area contributed by atoms with Gasteiger partial charge in [-0.15, -0.1) is 0 Å². The van der Waals surface area contributed by atoms with Gasteiger partial charge in [-0.3, -0.25) is 4.79 Å². The van der Waals surface area contributed by atoms with Crippen LogP contribution in [0.2, 0.25) is 10.0 Å². The Balaban J connectivity index is 1.59. The van der Waals surface area contributed by atoms with Gasteiger partial charge in [-0.05, 0) is 61.0 Å². The number of carbonyl (C=O) groups is 1. The van der Waals surface area contributed by atoms with Gasteiger partial charge in [0.25, 0.3) is 5.91 Å². The molecule has 4 rings (SSSR count). The van der Waals surface area contributed by atoms with E-state index in [1.807, 2.05) is 43.3 Å². The first-order chi connectivity index (χ1) is 15.0. The molecule has 0 aliphatic carbocycles. The predicted octanol–water partition coefficient (Wildman–Crippen LogP) is 6.15. The van der Waals surface area contributed by atoms with E-state index >= 15 is 0 Å². The Morgan fingerprint density at radius 1 is 0.935 bits per heavy atom. The smallest absolute Gasteiger partial charge is 0.255 e. The Morgan fingerprint density at radius 2 is 1.81 bits per heavy atom. The minimum absolute atomic E-state index is 0.284. The van der Waals surface area contributed by atoms with Crippen LogP contribution in [0.3, 0.4) is 0 Å². The summed E-state index contributed by atoms with van der Waals surface area (Å²) in [6, 6.07) is 16.0. The van der Waals surface area contributed by atoms with E-state index in [1.165, 1.54) is 12.4 Å². The Hall–Kier alpha value is -3.48. The molecule has 0 fully saturated rings. The van der Waals surface area contributed by atoms with Crippen LogP contribution in [0.25, 0.3) is 11.3 Å². The molecule has 1 amide bonds. The van der Waals surface area contributed by atoms with Gasteiger partial charge < -0.3 is 10.6 Å². The van der Waals surface area contributed by atoms with Gasteiger partial charge in [0.15, 0.2) is 0 Å². The Morgan fingerprint density at radius 3 is 2.58 bits per heavy atom. The SMILES string of the molecule is Cc1ccc(NC(=O)c2ccc(Cl)c(Cl)c2)cc1Nc1ncccc1-c1ccncn1. The number of benzene rings is 2. The van der Waals surface area contributed by atoms with Crippen molar-refractivity contribution in [2.24, 2.45) is 0 Å². The first-order valence-electron chi connectivity index (χ1n) is 9.37. The van der Waals surface area contributed by atoms with E-state index in [0.717, 1.165) is 22.5 Å². The molecule has 0 unspecified atom stereocenters. The zero-order chi connectivity index (χ0) is 21.8. The van der Waals surface area contributed by atoms with Crippen LogP contribution in [0.4, 0.5) is 17.2 Å². The number of halogens is 2. The molecule has 0 aliphatic heterocycles. The Bertz CT molecular complexity index is 1250. The standard InChI is InChI=1S/C23H17Cl2N5O/c1-14-4-6-16(29-23(31)15-5-7-18(24)19(25)11-15)12-21(14)30-22-17(3-2-9-27-22)20-8-10-26-13-28-20/h2-13H,1H3,(H,27,30)(H,29,31). The average Bonchev–Trinajstić information content (AvgIpc) is 2.79. The van der Waals surface area contributed by atoms with Gasteiger partial charge in [0.05, 0.1) is 15.7 Å². The van der Waals surface area contributed by atoms with Crippen LogP contribution in [-0.2, 0) is 0 Å². The highest BCUT2D eigenvalue weighted by molar-refractivity contribution is 6.42. The molecule has 2 heterocycles. The van der Waals surface area contributed by atoms with Gasteiger partial charge in [0, 0.05) is 34.9 Å². The summed E-state index contributed by atoms with van der Waals surface area (Å²) in [6.07, 6.45) is 4.89. The summed E-state index contributed by atoms with van der Waals surface area (Å²) in [4.78, 5) is 25.3. The zero-order valence-corrected chi connectivity index (χ0v) is 17.9. The van der Waals surface area contributed by atoms with E-state index in [9.17, 15) is 4.79 Å². The lowest BCUT2D eigenvalue weighted by Gasteiger charge is -2.14. The third-order valence-electron chi connectivity index (χ3n) is 4.60. The van der Waals surface area contributed by atoms with E-state index < -0.39 is 0 Å². The molecule has 0 spiro atoms. The fourth-order valence-electron chi connectivity index (χ4n) is 2.96. The summed E-state index contributed by atoms with van der Waals surface area (Å²) >= 11 is 12.0. The lowest BCUT2D eigenvalue weighted by molar-refractivity contribution is 0.102. The molecule has 2 aromatic heterocycles. The first-order valence-corrected chi connectivity index (χ1v) is 10.1. The summed E-state index contributed by atoms with van der Waals surface area (Å²) in [7, 11) is 0. The maximum absolute atomic E-state index is 12.6. The lowest BCUT2D eigenvalue weighted by atomic mass is 10.1. The molecule has 0 bridgehead atoms. The summed E-state index contributed by atoms with van der Waals surface area (Å²) < 4.78 is 0. The summed E-state index contributed by atoms with van der Waals surface area (Å²) in [5, 5.41) is 6.96. The highest BCUT2D eigenvalue weighted by Crippen LogP contribution is 2.30. The van der Waals surface area contributed by atoms with Crippen molar-refractivity contribution < 1.29 is 4.79 Å². The number of aryl methyl sites for hydroxylation is 1. The number of carbonyl (C=O) groups excluding carboxylic acids is 1. The lowest BCUT2D eigenvalue weighted by Crippen LogP contribution is -2.12. The second-order valence-electron chi connectivity index (χ2n) is 6.73. The van der Waals surface area contributed by atoms with E-state index in [4.69, 9.17) is 23.2 Å².